The van der Waals surface area contributed by atoms with Gasteiger partial charge in [-0.25, -0.2) is 9.78 Å². The molecule has 5 heteroatoms. The molecule has 0 amide bonds. The molecule has 0 aliphatic rings. The molecule has 0 saturated heterocycles. The first-order chi connectivity index (χ1) is 13.6. The summed E-state index contributed by atoms with van der Waals surface area (Å²) in [5.41, 5.74) is 4.89. The van der Waals surface area contributed by atoms with Crippen LogP contribution in [0.25, 0.3) is 11.0 Å². The molecule has 3 aromatic carbocycles. The van der Waals surface area contributed by atoms with Crippen molar-refractivity contribution < 1.29 is 14.6 Å². The van der Waals surface area contributed by atoms with Gasteiger partial charge in [0.15, 0.2) is 0 Å². The minimum Gasteiger partial charge on any atom is -0.489 e. The summed E-state index contributed by atoms with van der Waals surface area (Å²) in [7, 11) is 0. The molecule has 0 saturated carbocycles. The van der Waals surface area contributed by atoms with Crippen LogP contribution < -0.4 is 4.74 Å². The van der Waals surface area contributed by atoms with Gasteiger partial charge >= 0.3 is 5.97 Å². The third kappa shape index (κ3) is 3.88. The summed E-state index contributed by atoms with van der Waals surface area (Å²) >= 11 is 0. The van der Waals surface area contributed by atoms with E-state index in [0.29, 0.717) is 13.0 Å². The maximum absolute atomic E-state index is 11.4. The van der Waals surface area contributed by atoms with Crippen LogP contribution in [0.5, 0.6) is 5.75 Å². The van der Waals surface area contributed by atoms with E-state index in [-0.39, 0.29) is 5.56 Å². The second-order valence-corrected chi connectivity index (χ2v) is 6.75. The number of carbonyl (C=O) groups is 1. The lowest BCUT2D eigenvalue weighted by molar-refractivity contribution is 0.0697. The van der Waals surface area contributed by atoms with E-state index in [1.165, 1.54) is 0 Å². The molecule has 28 heavy (non-hydrogen) atoms. The molecule has 2 N–H and O–H groups in total. The van der Waals surface area contributed by atoms with Crippen molar-refractivity contribution in [1.82, 2.24) is 9.97 Å². The molecule has 4 rings (SSSR count). The minimum absolute atomic E-state index is 0.258. The highest BCUT2D eigenvalue weighted by Gasteiger charge is 2.13. The predicted molar refractivity (Wildman–Crippen MR) is 108 cm³/mol. The number of aryl methyl sites for hydroxylation is 1. The second-order valence-electron chi connectivity index (χ2n) is 6.75. The quantitative estimate of drug-likeness (QED) is 0.513. The van der Waals surface area contributed by atoms with Gasteiger partial charge in [0.2, 0.25) is 0 Å². The Balaban J connectivity index is 1.53. The van der Waals surface area contributed by atoms with Crippen LogP contribution in [-0.4, -0.2) is 21.0 Å². The van der Waals surface area contributed by atoms with Gasteiger partial charge in [0.05, 0.1) is 16.6 Å². The third-order valence-corrected chi connectivity index (χ3v) is 4.60. The van der Waals surface area contributed by atoms with Crippen molar-refractivity contribution in [2.45, 2.75) is 20.0 Å². The summed E-state index contributed by atoms with van der Waals surface area (Å²) in [6, 6.07) is 21.2. The van der Waals surface area contributed by atoms with Crippen molar-refractivity contribution in [3.8, 4) is 5.75 Å². The Bertz CT molecular complexity index is 1120. The number of aromatic nitrogens is 2. The molecule has 0 bridgehead atoms. The van der Waals surface area contributed by atoms with Gasteiger partial charge in [-0.3, -0.25) is 0 Å². The SMILES string of the molecule is Cc1nc2c(Cc3ccc(OCc4ccccc4)cc3)cc(C(=O)O)cc2[nH]1. The van der Waals surface area contributed by atoms with Crippen molar-refractivity contribution in [1.29, 1.82) is 0 Å². The monoisotopic (exact) mass is 372 g/mol. The molecular weight excluding hydrogens is 352 g/mol. The molecule has 0 fully saturated rings. The average molecular weight is 372 g/mol. The number of benzene rings is 3. The fourth-order valence-corrected chi connectivity index (χ4v) is 3.24. The standard InChI is InChI=1S/C23H20N2O3/c1-15-24-21-13-19(23(26)27)12-18(22(21)25-15)11-16-7-9-20(10-8-16)28-14-17-5-3-2-4-6-17/h2-10,12-13H,11,14H2,1H3,(H,24,25)(H,26,27). The first-order valence-corrected chi connectivity index (χ1v) is 9.07. The number of carboxylic acid groups (broad SMARTS) is 1. The highest BCUT2D eigenvalue weighted by Crippen LogP contribution is 2.23. The normalized spacial score (nSPS) is 10.9. The highest BCUT2D eigenvalue weighted by atomic mass is 16.5. The Hall–Kier alpha value is -3.60. The number of ether oxygens (including phenoxy) is 1. The number of hydrogen-bond donors (Lipinski definition) is 2. The molecule has 140 valence electrons. The van der Waals surface area contributed by atoms with Crippen LogP contribution in [0.3, 0.4) is 0 Å². The zero-order valence-corrected chi connectivity index (χ0v) is 15.5. The lowest BCUT2D eigenvalue weighted by Gasteiger charge is -2.08. The smallest absolute Gasteiger partial charge is 0.335 e. The topological polar surface area (TPSA) is 75.2 Å². The van der Waals surface area contributed by atoms with E-state index in [0.717, 1.165) is 39.3 Å². The van der Waals surface area contributed by atoms with E-state index >= 15 is 0 Å². The van der Waals surface area contributed by atoms with Gasteiger partial charge in [-0.15, -0.1) is 0 Å². The van der Waals surface area contributed by atoms with Gasteiger partial charge in [0, 0.05) is 0 Å². The number of aromatic amines is 1. The summed E-state index contributed by atoms with van der Waals surface area (Å²) in [4.78, 5) is 19.1. The summed E-state index contributed by atoms with van der Waals surface area (Å²) in [5, 5.41) is 9.38. The molecule has 0 radical (unpaired) electrons. The van der Waals surface area contributed by atoms with Crippen molar-refractivity contribution in [2.75, 3.05) is 0 Å². The van der Waals surface area contributed by atoms with Crippen molar-refractivity contribution in [3.05, 3.63) is 94.8 Å². The maximum atomic E-state index is 11.4. The summed E-state index contributed by atoms with van der Waals surface area (Å²) in [5.74, 6) is 0.621. The number of imidazole rings is 1. The Kier molecular flexibility index (Phi) is 4.81. The summed E-state index contributed by atoms with van der Waals surface area (Å²) < 4.78 is 5.83. The Morgan fingerprint density at radius 2 is 1.79 bits per heavy atom. The van der Waals surface area contributed by atoms with E-state index in [4.69, 9.17) is 4.74 Å². The number of H-pyrrole nitrogens is 1. The highest BCUT2D eigenvalue weighted by molar-refractivity contribution is 5.93. The molecule has 0 aliphatic heterocycles. The van der Waals surface area contributed by atoms with Crippen LogP contribution in [0, 0.1) is 6.92 Å². The minimum atomic E-state index is -0.944. The van der Waals surface area contributed by atoms with Crippen molar-refractivity contribution in [2.24, 2.45) is 0 Å². The molecule has 0 atom stereocenters. The van der Waals surface area contributed by atoms with Crippen LogP contribution in [-0.2, 0) is 13.0 Å². The van der Waals surface area contributed by atoms with E-state index in [2.05, 4.69) is 9.97 Å². The predicted octanol–water partition coefficient (Wildman–Crippen LogP) is 4.74. The van der Waals surface area contributed by atoms with Gasteiger partial charge in [-0.05, 0) is 54.3 Å². The fraction of sp³-hybridized carbons (Fsp3) is 0.130. The fourth-order valence-electron chi connectivity index (χ4n) is 3.24. The summed E-state index contributed by atoms with van der Waals surface area (Å²) in [6.45, 7) is 2.39. The lowest BCUT2D eigenvalue weighted by Crippen LogP contribution is -2.00. The molecule has 5 nitrogen and oxygen atoms in total. The molecule has 4 aromatic rings. The molecule has 1 aromatic heterocycles. The van der Waals surface area contributed by atoms with Gasteiger partial charge in [0.1, 0.15) is 18.2 Å². The zero-order chi connectivity index (χ0) is 19.5. The van der Waals surface area contributed by atoms with Crippen LogP contribution in [0.2, 0.25) is 0 Å². The third-order valence-electron chi connectivity index (χ3n) is 4.60. The second kappa shape index (κ2) is 7.56. The molecule has 0 aliphatic carbocycles. The first kappa shape index (κ1) is 17.8. The van der Waals surface area contributed by atoms with Gasteiger partial charge in [-0.2, -0.15) is 0 Å². The van der Waals surface area contributed by atoms with Gasteiger partial charge < -0.3 is 14.8 Å². The molecular formula is C23H20N2O3. The number of aromatic carboxylic acids is 1. The molecule has 0 spiro atoms. The van der Waals surface area contributed by atoms with Crippen LogP contribution >= 0.6 is 0 Å². The van der Waals surface area contributed by atoms with Gasteiger partial charge in [0.25, 0.3) is 0 Å². The van der Waals surface area contributed by atoms with Gasteiger partial charge in [-0.1, -0.05) is 42.5 Å². The van der Waals surface area contributed by atoms with E-state index in [1.807, 2.05) is 61.5 Å². The van der Waals surface area contributed by atoms with E-state index < -0.39 is 5.97 Å². The first-order valence-electron chi connectivity index (χ1n) is 9.07. The molecule has 0 unspecified atom stereocenters. The van der Waals surface area contributed by atoms with E-state index in [1.54, 1.807) is 12.1 Å². The zero-order valence-electron chi connectivity index (χ0n) is 15.5. The summed E-state index contributed by atoms with van der Waals surface area (Å²) in [6.07, 6.45) is 0.598. The molecule has 1 heterocycles. The lowest BCUT2D eigenvalue weighted by atomic mass is 10.0. The largest absolute Gasteiger partial charge is 0.489 e. The van der Waals surface area contributed by atoms with Crippen molar-refractivity contribution >= 4 is 17.0 Å². The van der Waals surface area contributed by atoms with Crippen LogP contribution in [0.4, 0.5) is 0 Å². The Morgan fingerprint density at radius 1 is 1.04 bits per heavy atom. The number of nitrogens with zero attached hydrogens (tertiary/aromatic N) is 1. The van der Waals surface area contributed by atoms with Crippen molar-refractivity contribution in [3.63, 3.8) is 0 Å². The van der Waals surface area contributed by atoms with Crippen LogP contribution in [0.1, 0.15) is 32.9 Å². The average Bonchev–Trinajstić information content (AvgIpc) is 3.08. The number of carboxylic acids is 1. The Labute approximate surface area is 162 Å². The van der Waals surface area contributed by atoms with Crippen LogP contribution in [0.15, 0.2) is 66.7 Å². The number of rotatable bonds is 6. The number of nitrogens with one attached hydrogen (secondary N) is 1. The number of fused-ring (bicyclic) bond motifs is 1. The Morgan fingerprint density at radius 3 is 2.50 bits per heavy atom. The maximum Gasteiger partial charge on any atom is 0.335 e. The van der Waals surface area contributed by atoms with E-state index in [9.17, 15) is 9.90 Å². The number of hydrogen-bond acceptors (Lipinski definition) is 3.